The Balaban J connectivity index is 2.22. The van der Waals surface area contributed by atoms with E-state index in [-0.39, 0.29) is 0 Å². The molecule has 1 heterocycles. The lowest BCUT2D eigenvalue weighted by atomic mass is 10.0. The normalized spacial score (nSPS) is 13.5. The lowest BCUT2D eigenvalue weighted by Gasteiger charge is -2.18. The zero-order chi connectivity index (χ0) is 10.8. The molecule has 0 bridgehead atoms. The van der Waals surface area contributed by atoms with Gasteiger partial charge >= 0.3 is 0 Å². The smallest absolute Gasteiger partial charge is 0.128 e. The third-order valence-corrected chi connectivity index (χ3v) is 2.48. The van der Waals surface area contributed by atoms with Crippen molar-refractivity contribution in [2.75, 3.05) is 13.2 Å². The molecule has 0 aliphatic carbocycles. The van der Waals surface area contributed by atoms with Crippen LogP contribution in [-0.4, -0.2) is 13.2 Å². The highest BCUT2D eigenvalue weighted by molar-refractivity contribution is 5.74. The van der Waals surface area contributed by atoms with Gasteiger partial charge in [-0.15, -0.1) is 0 Å². The van der Waals surface area contributed by atoms with Gasteiger partial charge in [0.25, 0.3) is 0 Å². The van der Waals surface area contributed by atoms with E-state index < -0.39 is 0 Å². The minimum absolute atomic E-state index is 0.555. The summed E-state index contributed by atoms with van der Waals surface area (Å²) in [7, 11) is 0. The van der Waals surface area contributed by atoms with E-state index in [1.165, 1.54) is 0 Å². The minimum Gasteiger partial charge on any atom is -0.489 e. The van der Waals surface area contributed by atoms with Gasteiger partial charge in [0.2, 0.25) is 0 Å². The quantitative estimate of drug-likeness (QED) is 0.665. The summed E-state index contributed by atoms with van der Waals surface area (Å²) in [5.41, 5.74) is 1.83. The van der Waals surface area contributed by atoms with E-state index in [0.29, 0.717) is 13.2 Å². The van der Waals surface area contributed by atoms with Crippen molar-refractivity contribution < 1.29 is 9.47 Å². The molecule has 78 valence electrons. The van der Waals surface area contributed by atoms with Gasteiger partial charge in [-0.3, -0.25) is 0 Å². The molecular weight excluding hydrogens is 200 g/mol. The van der Waals surface area contributed by atoms with Crippen molar-refractivity contribution in [1.29, 1.82) is 0 Å². The van der Waals surface area contributed by atoms with Crippen LogP contribution >= 0.6 is 0 Å². The van der Waals surface area contributed by atoms with Gasteiger partial charge in [0.15, 0.2) is 0 Å². The molecule has 3 rings (SSSR count). The predicted molar refractivity (Wildman–Crippen MR) is 60.5 cm³/mol. The summed E-state index contributed by atoms with van der Waals surface area (Å²) in [5, 5.41) is 0. The Hall–Kier alpha value is -1.96. The van der Waals surface area contributed by atoms with Crippen LogP contribution in [0.25, 0.3) is 11.1 Å². The van der Waals surface area contributed by atoms with Crippen molar-refractivity contribution in [3.05, 3.63) is 48.5 Å². The maximum absolute atomic E-state index is 5.61. The standard InChI is InChI=1S/C14H10O2/c1-3-7-13-11(5-1)12-6-2-4-8-14(12)16-10-9-15-13/h1-4,7-8H,9-10H2. The molecule has 0 spiro atoms. The second-order valence-electron chi connectivity index (χ2n) is 3.52. The van der Waals surface area contributed by atoms with Gasteiger partial charge < -0.3 is 9.47 Å². The van der Waals surface area contributed by atoms with E-state index in [2.05, 4.69) is 12.1 Å². The minimum atomic E-state index is 0.555. The van der Waals surface area contributed by atoms with Gasteiger partial charge in [-0.05, 0) is 24.3 Å². The molecular formula is C14H10O2. The number of hydrogen-bond donors (Lipinski definition) is 0. The largest absolute Gasteiger partial charge is 0.489 e. The monoisotopic (exact) mass is 210 g/mol. The van der Waals surface area contributed by atoms with Crippen LogP contribution in [0.5, 0.6) is 11.5 Å². The summed E-state index contributed by atoms with van der Waals surface area (Å²) >= 11 is 0. The zero-order valence-corrected chi connectivity index (χ0v) is 8.69. The maximum Gasteiger partial charge on any atom is 0.128 e. The van der Waals surface area contributed by atoms with Crippen LogP contribution in [0.3, 0.4) is 0 Å². The van der Waals surface area contributed by atoms with E-state index in [9.17, 15) is 0 Å². The molecule has 0 aromatic heterocycles. The molecule has 2 radical (unpaired) electrons. The van der Waals surface area contributed by atoms with Crippen molar-refractivity contribution in [3.63, 3.8) is 0 Å². The molecule has 16 heavy (non-hydrogen) atoms. The van der Waals surface area contributed by atoms with E-state index in [4.69, 9.17) is 9.47 Å². The van der Waals surface area contributed by atoms with E-state index in [1.54, 1.807) is 0 Å². The summed E-state index contributed by atoms with van der Waals surface area (Å²) in [4.78, 5) is 0. The molecule has 2 heteroatoms. The molecule has 0 atom stereocenters. The van der Waals surface area contributed by atoms with Crippen LogP contribution in [0, 0.1) is 12.1 Å². The molecule has 2 aromatic rings. The van der Waals surface area contributed by atoms with Crippen LogP contribution in [-0.2, 0) is 0 Å². The molecule has 0 fully saturated rings. The first-order valence-electron chi connectivity index (χ1n) is 5.22. The van der Waals surface area contributed by atoms with Gasteiger partial charge in [0.05, 0.1) is 0 Å². The van der Waals surface area contributed by atoms with Gasteiger partial charge in [-0.25, -0.2) is 0 Å². The second-order valence-corrected chi connectivity index (χ2v) is 3.52. The Bertz CT molecular complexity index is 458. The summed E-state index contributed by atoms with van der Waals surface area (Å²) in [6.07, 6.45) is 0. The van der Waals surface area contributed by atoms with Gasteiger partial charge in [0.1, 0.15) is 24.7 Å². The highest BCUT2D eigenvalue weighted by Gasteiger charge is 2.13. The number of rotatable bonds is 0. The van der Waals surface area contributed by atoms with Crippen LogP contribution in [0.4, 0.5) is 0 Å². The van der Waals surface area contributed by atoms with E-state index >= 15 is 0 Å². The first-order chi connectivity index (χ1) is 7.95. The molecule has 0 saturated carbocycles. The Morgan fingerprint density at radius 1 is 0.812 bits per heavy atom. The summed E-state index contributed by atoms with van der Waals surface area (Å²) < 4.78 is 11.2. The highest BCUT2D eigenvalue weighted by atomic mass is 16.5. The summed E-state index contributed by atoms with van der Waals surface area (Å²) in [5.74, 6) is 1.68. The third-order valence-electron chi connectivity index (χ3n) is 2.48. The fourth-order valence-electron chi connectivity index (χ4n) is 1.78. The third kappa shape index (κ3) is 1.52. The van der Waals surface area contributed by atoms with Gasteiger partial charge in [-0.1, -0.05) is 24.3 Å². The van der Waals surface area contributed by atoms with Gasteiger partial charge in [-0.2, -0.15) is 0 Å². The Morgan fingerprint density at radius 2 is 1.31 bits per heavy atom. The van der Waals surface area contributed by atoms with E-state index in [1.807, 2.05) is 36.4 Å². The highest BCUT2D eigenvalue weighted by Crippen LogP contribution is 2.36. The maximum atomic E-state index is 5.61. The first-order valence-corrected chi connectivity index (χ1v) is 5.22. The van der Waals surface area contributed by atoms with Crippen LogP contribution < -0.4 is 9.47 Å². The number of ether oxygens (including phenoxy) is 2. The predicted octanol–water partition coefficient (Wildman–Crippen LogP) is 2.73. The number of hydrogen-bond acceptors (Lipinski definition) is 2. The Morgan fingerprint density at radius 3 is 1.81 bits per heavy atom. The molecule has 0 amide bonds. The topological polar surface area (TPSA) is 18.5 Å². The molecule has 2 aromatic carbocycles. The van der Waals surface area contributed by atoms with Crippen molar-refractivity contribution >= 4 is 0 Å². The van der Waals surface area contributed by atoms with Crippen LogP contribution in [0.15, 0.2) is 36.4 Å². The molecule has 0 saturated heterocycles. The summed E-state index contributed by atoms with van der Waals surface area (Å²) in [6, 6.07) is 17.8. The average Bonchev–Trinajstić information content (AvgIpc) is 2.33. The SMILES string of the molecule is [c]1cccc2c1-c1[c]cccc1OCCO2. The summed E-state index contributed by atoms with van der Waals surface area (Å²) in [6.45, 7) is 1.11. The molecule has 0 unspecified atom stereocenters. The lowest BCUT2D eigenvalue weighted by molar-refractivity contribution is 0.214. The van der Waals surface area contributed by atoms with Crippen LogP contribution in [0.1, 0.15) is 0 Å². The van der Waals surface area contributed by atoms with Crippen molar-refractivity contribution in [2.24, 2.45) is 0 Å². The van der Waals surface area contributed by atoms with E-state index in [0.717, 1.165) is 22.6 Å². The van der Waals surface area contributed by atoms with Gasteiger partial charge in [0, 0.05) is 11.1 Å². The first kappa shape index (κ1) is 9.28. The Labute approximate surface area is 94.4 Å². The number of benzene rings is 2. The fourth-order valence-corrected chi connectivity index (χ4v) is 1.78. The van der Waals surface area contributed by atoms with Crippen molar-refractivity contribution in [1.82, 2.24) is 0 Å². The molecule has 1 aliphatic rings. The lowest BCUT2D eigenvalue weighted by Crippen LogP contribution is -2.12. The average molecular weight is 210 g/mol. The molecule has 1 aliphatic heterocycles. The van der Waals surface area contributed by atoms with Crippen molar-refractivity contribution in [3.8, 4) is 22.6 Å². The molecule has 0 N–H and O–H groups in total. The second kappa shape index (κ2) is 3.89. The molecule has 2 nitrogen and oxygen atoms in total. The number of fused-ring (bicyclic) bond motifs is 3. The fraction of sp³-hybridized carbons (Fsp3) is 0.143. The van der Waals surface area contributed by atoms with Crippen LogP contribution in [0.2, 0.25) is 0 Å². The Kier molecular flexibility index (Phi) is 2.26. The zero-order valence-electron chi connectivity index (χ0n) is 8.69. The van der Waals surface area contributed by atoms with Crippen molar-refractivity contribution in [2.45, 2.75) is 0 Å².